The van der Waals surface area contributed by atoms with Crippen LogP contribution in [0.2, 0.25) is 0 Å². The van der Waals surface area contributed by atoms with Crippen molar-refractivity contribution in [3.8, 4) is 0 Å². The van der Waals surface area contributed by atoms with Gasteiger partial charge >= 0.3 is 35.8 Å². The van der Waals surface area contributed by atoms with E-state index in [-0.39, 0.29) is 84.1 Å². The highest BCUT2D eigenvalue weighted by Crippen LogP contribution is 2.65. The van der Waals surface area contributed by atoms with E-state index in [1.807, 2.05) is 112 Å². The molecule has 3 aromatic rings. The van der Waals surface area contributed by atoms with E-state index in [1.165, 1.54) is 53.0 Å². The third-order valence-electron chi connectivity index (χ3n) is 22.7. The van der Waals surface area contributed by atoms with E-state index in [1.54, 1.807) is 18.2 Å². The summed E-state index contributed by atoms with van der Waals surface area (Å²) in [6, 6.07) is 29.0. The summed E-state index contributed by atoms with van der Waals surface area (Å²) in [5, 5.41) is 0. The highest BCUT2D eigenvalue weighted by atomic mass is 16.6. The molecule has 9 aliphatic rings. The Morgan fingerprint density at radius 2 is 0.750 bits per heavy atom. The number of carbonyl (C=O) groups excluding carboxylic acids is 6. The van der Waals surface area contributed by atoms with Gasteiger partial charge in [0.2, 0.25) is 0 Å². The molecule has 6 saturated heterocycles. The van der Waals surface area contributed by atoms with Crippen molar-refractivity contribution in [2.45, 2.75) is 232 Å². The molecule has 6 heterocycles. The Morgan fingerprint density at radius 1 is 0.458 bits per heavy atom. The van der Waals surface area contributed by atoms with Crippen molar-refractivity contribution in [3.63, 3.8) is 0 Å². The van der Waals surface area contributed by atoms with Crippen LogP contribution in [0.25, 0.3) is 18.2 Å². The normalized spacial score (nSPS) is 33.7. The first-order chi connectivity index (χ1) is 45.5. The quantitative estimate of drug-likeness (QED) is 0.0576. The zero-order chi connectivity index (χ0) is 69.5. The van der Waals surface area contributed by atoms with Crippen LogP contribution in [0.15, 0.2) is 143 Å². The Hall–Kier alpha value is -7.24. The lowest BCUT2D eigenvalue weighted by Gasteiger charge is -2.50. The number of hydrogen-bond donors (Lipinski definition) is 1. The molecule has 15 atom stereocenters. The van der Waals surface area contributed by atoms with Crippen molar-refractivity contribution < 1.29 is 71.4 Å². The van der Waals surface area contributed by atoms with Gasteiger partial charge in [0.1, 0.15) is 51.9 Å². The molecule has 0 saturated carbocycles. The molecular weight excluding hydrogens is 1210 g/mol. The number of carbonyl (C=O) groups is 6. The Balaban J connectivity index is 0.000000157. The average Bonchev–Trinajstić information content (AvgIpc) is 1.54. The van der Waals surface area contributed by atoms with Gasteiger partial charge in [0.25, 0.3) is 0 Å². The molecule has 0 radical (unpaired) electrons. The van der Waals surface area contributed by atoms with Gasteiger partial charge < -0.3 is 48.4 Å². The van der Waals surface area contributed by atoms with Gasteiger partial charge in [-0.3, -0.25) is 14.4 Å². The molecule has 6 bridgehead atoms. The van der Waals surface area contributed by atoms with Gasteiger partial charge in [0.05, 0.1) is 12.5 Å². The third-order valence-corrected chi connectivity index (χ3v) is 22.7. The lowest BCUT2D eigenvalue weighted by molar-refractivity contribution is -0.223. The second-order valence-electron chi connectivity index (χ2n) is 29.8. The lowest BCUT2D eigenvalue weighted by Crippen LogP contribution is -2.58. The summed E-state index contributed by atoms with van der Waals surface area (Å²) < 4.78 is 56.5. The van der Waals surface area contributed by atoms with E-state index in [2.05, 4.69) is 76.2 Å². The van der Waals surface area contributed by atoms with Crippen molar-refractivity contribution in [1.82, 2.24) is 0 Å². The number of nitrogens with two attached hydrogens (primary N) is 1. The minimum Gasteiger partial charge on any atom is -0.459 e. The van der Waals surface area contributed by atoms with Crippen LogP contribution in [-0.2, 0) is 71.4 Å². The zero-order valence-corrected chi connectivity index (χ0v) is 58.9. The highest BCUT2D eigenvalue weighted by Gasteiger charge is 2.73. The van der Waals surface area contributed by atoms with Gasteiger partial charge in [-0.05, 0) is 149 Å². The summed E-state index contributed by atoms with van der Waals surface area (Å²) in [5.74, 6) is -1.99. The molecule has 0 spiro atoms. The topological polar surface area (TPSA) is 212 Å². The van der Waals surface area contributed by atoms with Gasteiger partial charge in [-0.15, -0.1) is 0 Å². The summed E-state index contributed by atoms with van der Waals surface area (Å²) >= 11 is 0. The molecule has 16 heteroatoms. The Kier molecular flexibility index (Phi) is 21.1. The molecule has 3 aromatic carbocycles. The summed E-state index contributed by atoms with van der Waals surface area (Å²) in [5.41, 5.74) is 11.5. The highest BCUT2D eigenvalue weighted by molar-refractivity contribution is 5.89. The van der Waals surface area contributed by atoms with Gasteiger partial charge in [-0.1, -0.05) is 163 Å². The molecule has 0 amide bonds. The standard InChI is InChI=1S/C28H36O5.C26H33NO5.C26H32O5/c1-17(2)26(30)31-22-16-28(18(3)4)25(24-19(5)12-14-21(24)27(22,6)33-28)32-23(29)15-13-20-10-8-7-9-11-20;1-16(2)26-14-20(30-22(29)15-27)25(4,32-26)19-12-10-17(3)23(19)24(26)31-21(28)13-11-18-8-6-5-7-9-18;1-16(2)26-15-21(29-18(4)27)25(5,31-26)20-13-11-17(3)23(20)24(26)30-22(28)14-12-19-9-7-6-8-10-19/h7-11,13,15,17-18,21-22,25H,12,14,16H2,1-6H3;5-9,11,13,16,19-20,24H,10,12,14-15,27H2,1-4H3;6-10,12,14,16,20-21,24H,11,13,15H2,1-5H3/b15-13+;13-11+;14-12+/t21-,22-,25+,27+,28-;19-,20-,24+,25+,26-;20-,21-,24+,25+,26-/m111/s1. The van der Waals surface area contributed by atoms with Crippen LogP contribution < -0.4 is 5.73 Å². The van der Waals surface area contributed by atoms with Crippen LogP contribution in [0, 0.1) is 41.4 Å². The molecule has 6 aliphatic heterocycles. The van der Waals surface area contributed by atoms with E-state index in [0.717, 1.165) is 60.8 Å². The van der Waals surface area contributed by atoms with Crippen molar-refractivity contribution in [2.75, 3.05) is 6.54 Å². The first-order valence-corrected chi connectivity index (χ1v) is 34.7. The minimum atomic E-state index is -0.762. The molecule has 3 aliphatic carbocycles. The van der Waals surface area contributed by atoms with Crippen molar-refractivity contribution in [2.24, 2.45) is 47.2 Å². The Bertz CT molecular complexity index is 3600. The number of benzene rings is 3. The molecule has 2 N–H and O–H groups in total. The number of rotatable bonds is 17. The summed E-state index contributed by atoms with van der Waals surface area (Å²) in [6.07, 6.45) is 14.1. The largest absolute Gasteiger partial charge is 0.459 e. The van der Waals surface area contributed by atoms with Crippen LogP contribution in [-0.4, -0.2) is 113 Å². The Labute approximate surface area is 567 Å². The monoisotopic (exact) mass is 1320 g/mol. The van der Waals surface area contributed by atoms with Gasteiger partial charge in [0, 0.05) is 62.2 Å². The maximum Gasteiger partial charge on any atom is 0.331 e. The molecule has 96 heavy (non-hydrogen) atoms. The van der Waals surface area contributed by atoms with Crippen LogP contribution in [0.3, 0.4) is 0 Å². The molecular formula is C80H101NO15. The van der Waals surface area contributed by atoms with Crippen LogP contribution in [0.4, 0.5) is 0 Å². The fourth-order valence-corrected chi connectivity index (χ4v) is 17.3. The minimum absolute atomic E-state index is 0.0309. The molecule has 16 nitrogen and oxygen atoms in total. The van der Waals surface area contributed by atoms with Crippen LogP contribution >= 0.6 is 0 Å². The third kappa shape index (κ3) is 13.5. The fraction of sp³-hybridized carbons (Fsp3) is 0.550. The molecule has 12 rings (SSSR count). The first kappa shape index (κ1) is 71.5. The Morgan fingerprint density at radius 3 is 1.02 bits per heavy atom. The number of esters is 6. The lowest BCUT2D eigenvalue weighted by atomic mass is 9.74. The van der Waals surface area contributed by atoms with E-state index in [4.69, 9.17) is 48.4 Å². The van der Waals surface area contributed by atoms with Gasteiger partial charge in [-0.2, -0.15) is 0 Å². The average molecular weight is 1320 g/mol. The predicted octanol–water partition coefficient (Wildman–Crippen LogP) is 14.1. The SMILES string of the molecule is CC(=O)O[C@@H]1C[C@]2(C(C)C)O[C@@]1(C)[C@@H]1CCC(C)=C1[C@@H]2OC(=O)/C=C/c1ccccc1.CC1=C2[C@@H](CC1)[C@]1(C)O[C@@](C(C)C)(C[C@H]1OC(=O)C(C)C)[C@H]2OC(=O)/C=C/c1ccccc1.CC1=C2[C@@H](CC1)[C@]1(C)O[C@@](C(C)C)(C[C@H]1OC(=O)CN)[C@H]2OC(=O)/C=C/c1ccccc1. The number of hydrogen-bond acceptors (Lipinski definition) is 16. The molecule has 0 unspecified atom stereocenters. The summed E-state index contributed by atoms with van der Waals surface area (Å²) in [4.78, 5) is 75.3. The molecule has 516 valence electrons. The molecule has 6 fully saturated rings. The second kappa shape index (κ2) is 28.3. The fourth-order valence-electron chi connectivity index (χ4n) is 17.3. The zero-order valence-electron chi connectivity index (χ0n) is 58.9. The van der Waals surface area contributed by atoms with Crippen molar-refractivity contribution in [1.29, 1.82) is 0 Å². The summed E-state index contributed by atoms with van der Waals surface area (Å²) in [7, 11) is 0. The summed E-state index contributed by atoms with van der Waals surface area (Å²) in [6.45, 7) is 30.0. The molecule has 0 aromatic heterocycles. The van der Waals surface area contributed by atoms with Crippen molar-refractivity contribution >= 4 is 54.0 Å². The number of ether oxygens (including phenoxy) is 9. The van der Waals surface area contributed by atoms with Gasteiger partial charge in [0.15, 0.2) is 18.3 Å². The predicted molar refractivity (Wildman–Crippen MR) is 367 cm³/mol. The van der Waals surface area contributed by atoms with E-state index in [0.29, 0.717) is 19.3 Å². The maximum atomic E-state index is 13.0. The van der Waals surface area contributed by atoms with Crippen LogP contribution in [0.5, 0.6) is 0 Å². The number of fused-ring (bicyclic) bond motifs is 12. The van der Waals surface area contributed by atoms with Crippen molar-refractivity contribution in [3.05, 3.63) is 159 Å². The van der Waals surface area contributed by atoms with Crippen LogP contribution in [0.1, 0.15) is 178 Å². The second-order valence-corrected chi connectivity index (χ2v) is 29.8. The van der Waals surface area contributed by atoms with E-state index < -0.39 is 70.0 Å². The first-order valence-electron chi connectivity index (χ1n) is 34.7. The smallest absolute Gasteiger partial charge is 0.331 e. The maximum absolute atomic E-state index is 13.0. The van der Waals surface area contributed by atoms with E-state index in [9.17, 15) is 28.8 Å². The number of allylic oxidation sites excluding steroid dienone is 3. The van der Waals surface area contributed by atoms with E-state index >= 15 is 0 Å². The van der Waals surface area contributed by atoms with Gasteiger partial charge in [-0.25, -0.2) is 14.4 Å².